The maximum absolute atomic E-state index is 4.22. The second-order valence-corrected chi connectivity index (χ2v) is 9.37. The molecular formula is C35H24IrN4+. The van der Waals surface area contributed by atoms with Crippen LogP contribution in [-0.4, -0.2) is 16.6 Å². The van der Waals surface area contributed by atoms with Crippen LogP contribution in [0.15, 0.2) is 128 Å². The third kappa shape index (κ3) is 4.40. The van der Waals surface area contributed by atoms with Gasteiger partial charge in [-0.05, 0) is 42.7 Å². The molecule has 40 heavy (non-hydrogen) atoms. The summed E-state index contributed by atoms with van der Waals surface area (Å²) in [5.74, 6) is 0. The number of fused-ring (bicyclic) bond motifs is 4. The van der Waals surface area contributed by atoms with Crippen LogP contribution in [0.2, 0.25) is 0 Å². The Morgan fingerprint density at radius 1 is 0.750 bits per heavy atom. The Morgan fingerprint density at radius 2 is 1.55 bits per heavy atom. The molecule has 3 heterocycles. The fourth-order valence-electron chi connectivity index (χ4n) is 5.22. The van der Waals surface area contributed by atoms with Gasteiger partial charge >= 0.3 is 20.1 Å². The van der Waals surface area contributed by atoms with Crippen LogP contribution in [0.3, 0.4) is 0 Å². The summed E-state index contributed by atoms with van der Waals surface area (Å²) in [7, 11) is 2.14. The van der Waals surface area contributed by atoms with Crippen molar-refractivity contribution in [3.8, 4) is 22.6 Å². The quantitative estimate of drug-likeness (QED) is 0.141. The Morgan fingerprint density at radius 3 is 2.35 bits per heavy atom. The number of anilines is 2. The number of hydrogen-bond donors (Lipinski definition) is 0. The van der Waals surface area contributed by atoms with Crippen LogP contribution in [-0.2, 0) is 20.1 Å². The molecule has 0 N–H and O–H groups in total. The summed E-state index contributed by atoms with van der Waals surface area (Å²) in [6.45, 7) is 0. The van der Waals surface area contributed by atoms with Gasteiger partial charge in [-0.15, -0.1) is 52.7 Å². The zero-order chi connectivity index (χ0) is 26.2. The fourth-order valence-corrected chi connectivity index (χ4v) is 5.22. The third-order valence-corrected chi connectivity index (χ3v) is 7.05. The predicted octanol–water partition coefficient (Wildman–Crippen LogP) is 7.29. The second kappa shape index (κ2) is 10.9. The van der Waals surface area contributed by atoms with E-state index in [2.05, 4.69) is 117 Å². The number of benzene rings is 5. The molecule has 0 aliphatic carbocycles. The van der Waals surface area contributed by atoms with E-state index in [0.29, 0.717) is 0 Å². The van der Waals surface area contributed by atoms with E-state index in [0.717, 1.165) is 33.7 Å². The molecule has 5 heteroatoms. The van der Waals surface area contributed by atoms with Crippen LogP contribution in [0.5, 0.6) is 0 Å². The molecule has 7 aromatic rings. The normalized spacial score (nSPS) is 11.4. The van der Waals surface area contributed by atoms with Crippen molar-refractivity contribution in [2.75, 3.05) is 11.9 Å². The summed E-state index contributed by atoms with van der Waals surface area (Å²) in [4.78, 5) is 6.50. The van der Waals surface area contributed by atoms with Gasteiger partial charge < -0.3 is 14.5 Å². The van der Waals surface area contributed by atoms with E-state index in [4.69, 9.17) is 0 Å². The molecule has 192 valence electrons. The van der Waals surface area contributed by atoms with Crippen molar-refractivity contribution in [2.24, 2.45) is 0 Å². The predicted molar refractivity (Wildman–Crippen MR) is 157 cm³/mol. The Balaban J connectivity index is 0.000000188. The molecule has 2 aromatic heterocycles. The Kier molecular flexibility index (Phi) is 7.00. The van der Waals surface area contributed by atoms with Crippen LogP contribution in [0.25, 0.3) is 44.4 Å². The summed E-state index contributed by atoms with van der Waals surface area (Å²) in [5, 5.41) is 2.42. The van der Waals surface area contributed by atoms with Crippen molar-refractivity contribution >= 4 is 33.2 Å². The van der Waals surface area contributed by atoms with Gasteiger partial charge in [-0.1, -0.05) is 66.4 Å². The molecule has 0 saturated heterocycles. The average molecular weight is 693 g/mol. The monoisotopic (exact) mass is 693 g/mol. The van der Waals surface area contributed by atoms with Crippen molar-refractivity contribution in [2.45, 2.75) is 0 Å². The van der Waals surface area contributed by atoms with E-state index < -0.39 is 0 Å². The molecule has 0 radical (unpaired) electrons. The fraction of sp³-hybridized carbons (Fsp3) is 0.0286. The zero-order valence-corrected chi connectivity index (χ0v) is 24.1. The first-order valence-electron chi connectivity index (χ1n) is 12.9. The topological polar surface area (TPSA) is 24.9 Å². The standard InChI is InChI=1S/C24H16N3.C11H8N.Ir/c1-25-20-12-7-13-21-24(20)27(16-26(21)18-9-3-2-4-10-18)22-15-14-17-8-5-6-11-19(17)23(22)25;1-2-6-10(7-3-1)11-8-4-5-9-12-11;/h2-14H,1H3;1-6,8-9H;/q2*-1;+3. The molecular weight excluding hydrogens is 669 g/mol. The van der Waals surface area contributed by atoms with Gasteiger partial charge in [-0.25, -0.2) is 0 Å². The van der Waals surface area contributed by atoms with Gasteiger partial charge in [0.25, 0.3) is 6.33 Å². The van der Waals surface area contributed by atoms with Gasteiger partial charge in [0.2, 0.25) is 0 Å². The third-order valence-electron chi connectivity index (χ3n) is 7.05. The minimum absolute atomic E-state index is 0. The van der Waals surface area contributed by atoms with E-state index in [1.165, 1.54) is 22.1 Å². The van der Waals surface area contributed by atoms with Crippen LogP contribution in [0, 0.1) is 18.5 Å². The van der Waals surface area contributed by atoms with Crippen molar-refractivity contribution in [1.29, 1.82) is 0 Å². The first-order valence-corrected chi connectivity index (χ1v) is 12.9. The number of hydrogen-bond acceptors (Lipinski definition) is 2. The number of para-hydroxylation sites is 2. The van der Waals surface area contributed by atoms with Gasteiger partial charge in [-0.3, -0.25) is 4.57 Å². The molecule has 0 spiro atoms. The number of pyridine rings is 1. The van der Waals surface area contributed by atoms with E-state index in [1.54, 1.807) is 6.20 Å². The molecule has 0 fully saturated rings. The first kappa shape index (κ1) is 25.7. The number of rotatable bonds is 2. The Bertz CT molecular complexity index is 1880. The van der Waals surface area contributed by atoms with Crippen LogP contribution in [0.4, 0.5) is 11.4 Å². The molecule has 1 aliphatic rings. The Labute approximate surface area is 247 Å². The summed E-state index contributed by atoms with van der Waals surface area (Å²) in [6.07, 6.45) is 5.35. The minimum Gasteiger partial charge on any atom is -0.403 e. The smallest absolute Gasteiger partial charge is 0.403 e. The number of nitrogens with zero attached hydrogens (tertiary/aromatic N) is 4. The van der Waals surface area contributed by atoms with Crippen molar-refractivity contribution in [3.63, 3.8) is 0 Å². The molecule has 0 saturated carbocycles. The molecule has 0 bridgehead atoms. The molecule has 0 atom stereocenters. The van der Waals surface area contributed by atoms with Gasteiger partial charge in [-0.2, -0.15) is 12.1 Å². The second-order valence-electron chi connectivity index (χ2n) is 9.37. The minimum atomic E-state index is 0. The van der Waals surface area contributed by atoms with Crippen molar-refractivity contribution < 1.29 is 24.7 Å². The van der Waals surface area contributed by atoms with Crippen LogP contribution >= 0.6 is 0 Å². The average Bonchev–Trinajstić information content (AvgIpc) is 3.42. The van der Waals surface area contributed by atoms with E-state index in [1.807, 2.05) is 48.5 Å². The SMILES string of the molecule is CN1c2c([c-]cc3ccccc23)-[n+]2[c-]n(-c3ccccc3)c3cccc1c32.[Ir+3].[c-]1ccccc1-c1ccccn1. The Hall–Kier alpha value is -4.57. The van der Waals surface area contributed by atoms with Gasteiger partial charge in [0.15, 0.2) is 0 Å². The molecule has 5 aromatic carbocycles. The summed E-state index contributed by atoms with van der Waals surface area (Å²) in [6, 6.07) is 47.7. The van der Waals surface area contributed by atoms with Crippen molar-refractivity contribution in [1.82, 2.24) is 9.55 Å². The zero-order valence-electron chi connectivity index (χ0n) is 21.7. The summed E-state index contributed by atoms with van der Waals surface area (Å²) < 4.78 is 4.28. The maximum Gasteiger partial charge on any atom is 3.00 e. The number of aromatic nitrogens is 3. The molecule has 4 nitrogen and oxygen atoms in total. The van der Waals surface area contributed by atoms with Gasteiger partial charge in [0.1, 0.15) is 5.52 Å². The van der Waals surface area contributed by atoms with E-state index in [-0.39, 0.29) is 20.1 Å². The molecule has 0 amide bonds. The largest absolute Gasteiger partial charge is 3.00 e. The summed E-state index contributed by atoms with van der Waals surface area (Å²) >= 11 is 0. The molecule has 8 rings (SSSR count). The number of imidazole rings is 1. The molecule has 1 aliphatic heterocycles. The maximum atomic E-state index is 4.22. The van der Waals surface area contributed by atoms with E-state index in [9.17, 15) is 0 Å². The van der Waals surface area contributed by atoms with Gasteiger partial charge in [0, 0.05) is 11.9 Å². The van der Waals surface area contributed by atoms with Crippen molar-refractivity contribution in [3.05, 3.63) is 146 Å². The summed E-state index contributed by atoms with van der Waals surface area (Å²) in [5.41, 5.74) is 8.78. The van der Waals surface area contributed by atoms with Crippen LogP contribution in [0.1, 0.15) is 0 Å². The van der Waals surface area contributed by atoms with E-state index >= 15 is 0 Å². The first-order chi connectivity index (χ1) is 19.3. The van der Waals surface area contributed by atoms with Crippen LogP contribution < -0.4 is 9.47 Å². The molecule has 0 unspecified atom stereocenters. The van der Waals surface area contributed by atoms with Gasteiger partial charge in [0.05, 0.1) is 11.2 Å².